The van der Waals surface area contributed by atoms with Gasteiger partial charge in [0.25, 0.3) is 11.5 Å². The SMILES string of the molecule is Cc1c(C(=O)NCC(C)O)sc2nc3n(c(=O)c12)CCCCC3. The Balaban J connectivity index is 2.07. The highest BCUT2D eigenvalue weighted by Crippen LogP contribution is 2.28. The molecule has 0 saturated carbocycles. The number of amides is 1. The summed E-state index contributed by atoms with van der Waals surface area (Å²) >= 11 is 1.26. The summed E-state index contributed by atoms with van der Waals surface area (Å²) in [6.07, 6.45) is 3.36. The Bertz CT molecular complexity index is 807. The van der Waals surface area contributed by atoms with Crippen molar-refractivity contribution in [3.8, 4) is 0 Å². The van der Waals surface area contributed by atoms with Gasteiger partial charge in [-0.05, 0) is 32.3 Å². The number of thiophene rings is 1. The zero-order chi connectivity index (χ0) is 16.6. The summed E-state index contributed by atoms with van der Waals surface area (Å²) in [7, 11) is 0. The van der Waals surface area contributed by atoms with E-state index >= 15 is 0 Å². The van der Waals surface area contributed by atoms with Crippen LogP contribution in [-0.4, -0.2) is 33.2 Å². The molecule has 3 heterocycles. The van der Waals surface area contributed by atoms with Crippen LogP contribution in [0.2, 0.25) is 0 Å². The number of aliphatic hydroxyl groups is 1. The Morgan fingerprint density at radius 3 is 2.96 bits per heavy atom. The zero-order valence-corrected chi connectivity index (χ0v) is 14.2. The van der Waals surface area contributed by atoms with Gasteiger partial charge in [-0.15, -0.1) is 11.3 Å². The Labute approximate surface area is 138 Å². The summed E-state index contributed by atoms with van der Waals surface area (Å²) in [6.45, 7) is 4.30. The molecule has 6 nitrogen and oxygen atoms in total. The Kier molecular flexibility index (Phi) is 4.50. The number of rotatable bonds is 3. The number of aryl methyl sites for hydroxylation is 2. The molecule has 0 spiro atoms. The van der Waals surface area contributed by atoms with Crippen molar-refractivity contribution in [1.29, 1.82) is 0 Å². The van der Waals surface area contributed by atoms with Gasteiger partial charge in [0.1, 0.15) is 10.7 Å². The molecular weight excluding hydrogens is 314 g/mol. The molecule has 2 aromatic heterocycles. The lowest BCUT2D eigenvalue weighted by atomic mass is 10.2. The smallest absolute Gasteiger partial charge is 0.262 e. The third-order valence-electron chi connectivity index (χ3n) is 4.18. The topological polar surface area (TPSA) is 84.2 Å². The maximum atomic E-state index is 12.8. The number of nitrogens with zero attached hydrogens (tertiary/aromatic N) is 2. The number of carbonyl (C=O) groups is 1. The number of fused-ring (bicyclic) bond motifs is 2. The molecule has 0 saturated heterocycles. The fraction of sp³-hybridized carbons (Fsp3) is 0.562. The van der Waals surface area contributed by atoms with Crippen LogP contribution in [0, 0.1) is 6.92 Å². The molecule has 1 aliphatic heterocycles. The first-order valence-corrected chi connectivity index (χ1v) is 8.79. The molecule has 0 fully saturated rings. The molecule has 2 N–H and O–H groups in total. The van der Waals surface area contributed by atoms with Crippen LogP contribution in [0.25, 0.3) is 10.2 Å². The van der Waals surface area contributed by atoms with Crippen molar-refractivity contribution >= 4 is 27.5 Å². The summed E-state index contributed by atoms with van der Waals surface area (Å²) in [4.78, 5) is 30.9. The monoisotopic (exact) mass is 335 g/mol. The van der Waals surface area contributed by atoms with Crippen LogP contribution < -0.4 is 10.9 Å². The fourth-order valence-corrected chi connectivity index (χ4v) is 4.05. The third kappa shape index (κ3) is 3.03. The zero-order valence-electron chi connectivity index (χ0n) is 13.4. The van der Waals surface area contributed by atoms with E-state index in [-0.39, 0.29) is 18.0 Å². The van der Waals surface area contributed by atoms with Crippen molar-refractivity contribution in [2.75, 3.05) is 6.54 Å². The lowest BCUT2D eigenvalue weighted by Crippen LogP contribution is -2.30. The highest BCUT2D eigenvalue weighted by Gasteiger charge is 2.22. The molecule has 0 aliphatic carbocycles. The highest BCUT2D eigenvalue weighted by molar-refractivity contribution is 7.20. The van der Waals surface area contributed by atoms with Gasteiger partial charge in [-0.1, -0.05) is 6.42 Å². The van der Waals surface area contributed by atoms with Gasteiger partial charge in [0.2, 0.25) is 0 Å². The van der Waals surface area contributed by atoms with Gasteiger partial charge >= 0.3 is 0 Å². The van der Waals surface area contributed by atoms with E-state index in [0.717, 1.165) is 31.5 Å². The number of carbonyl (C=O) groups excluding carboxylic acids is 1. The third-order valence-corrected chi connectivity index (χ3v) is 5.36. The molecule has 1 unspecified atom stereocenters. The van der Waals surface area contributed by atoms with Crippen LogP contribution in [0.3, 0.4) is 0 Å². The second kappa shape index (κ2) is 6.41. The second-order valence-electron chi connectivity index (χ2n) is 6.09. The van der Waals surface area contributed by atoms with Gasteiger partial charge < -0.3 is 10.4 Å². The number of aliphatic hydroxyl groups excluding tert-OH is 1. The minimum absolute atomic E-state index is 0.0322. The molecule has 23 heavy (non-hydrogen) atoms. The number of hydrogen-bond acceptors (Lipinski definition) is 5. The van der Waals surface area contributed by atoms with Crippen molar-refractivity contribution < 1.29 is 9.90 Å². The van der Waals surface area contributed by atoms with Crippen LogP contribution in [0.15, 0.2) is 4.79 Å². The fourth-order valence-electron chi connectivity index (χ4n) is 2.95. The van der Waals surface area contributed by atoms with Crippen LogP contribution in [-0.2, 0) is 13.0 Å². The van der Waals surface area contributed by atoms with Crippen molar-refractivity contribution in [2.45, 2.75) is 52.2 Å². The normalized spacial score (nSPS) is 16.0. The van der Waals surface area contributed by atoms with Gasteiger partial charge in [-0.3, -0.25) is 14.2 Å². The molecule has 7 heteroatoms. The van der Waals surface area contributed by atoms with Crippen molar-refractivity contribution in [3.63, 3.8) is 0 Å². The van der Waals surface area contributed by atoms with Crippen LogP contribution in [0.5, 0.6) is 0 Å². The molecule has 1 atom stereocenters. The number of hydrogen-bond donors (Lipinski definition) is 2. The van der Waals surface area contributed by atoms with Gasteiger partial charge in [0, 0.05) is 19.5 Å². The summed E-state index contributed by atoms with van der Waals surface area (Å²) in [5.41, 5.74) is 0.653. The molecule has 0 radical (unpaired) electrons. The average Bonchev–Trinajstić information content (AvgIpc) is 2.69. The maximum absolute atomic E-state index is 12.8. The lowest BCUT2D eigenvalue weighted by Gasteiger charge is -2.08. The van der Waals surface area contributed by atoms with Gasteiger partial charge in [0.05, 0.1) is 16.4 Å². The minimum Gasteiger partial charge on any atom is -0.392 e. The minimum atomic E-state index is -0.603. The molecule has 1 aliphatic rings. The van der Waals surface area contributed by atoms with Crippen LogP contribution in [0.1, 0.15) is 47.2 Å². The van der Waals surface area contributed by atoms with Crippen molar-refractivity contribution in [3.05, 3.63) is 26.6 Å². The van der Waals surface area contributed by atoms with Gasteiger partial charge in [-0.2, -0.15) is 0 Å². The first kappa shape index (κ1) is 16.1. The van der Waals surface area contributed by atoms with E-state index < -0.39 is 6.10 Å². The number of aromatic nitrogens is 2. The van der Waals surface area contributed by atoms with Crippen molar-refractivity contribution in [1.82, 2.24) is 14.9 Å². The predicted octanol–water partition coefficient (Wildman–Crippen LogP) is 1.60. The summed E-state index contributed by atoms with van der Waals surface area (Å²) in [6, 6.07) is 0. The first-order valence-electron chi connectivity index (χ1n) is 7.98. The molecule has 1 amide bonds. The van der Waals surface area contributed by atoms with E-state index in [1.54, 1.807) is 18.4 Å². The van der Waals surface area contributed by atoms with E-state index in [4.69, 9.17) is 0 Å². The Morgan fingerprint density at radius 2 is 2.22 bits per heavy atom. The van der Waals surface area contributed by atoms with Gasteiger partial charge in [0.15, 0.2) is 0 Å². The van der Waals surface area contributed by atoms with E-state index in [1.165, 1.54) is 11.3 Å². The molecule has 3 rings (SSSR count). The molecular formula is C16H21N3O3S. The standard InChI is InChI=1S/C16H21N3O3S/c1-9(20)8-17-14(21)13-10(2)12-15(23-13)18-11-6-4-3-5-7-19(11)16(12)22/h9,20H,3-8H2,1-2H3,(H,17,21). The second-order valence-corrected chi connectivity index (χ2v) is 7.09. The molecule has 0 aromatic carbocycles. The highest BCUT2D eigenvalue weighted by atomic mass is 32.1. The molecule has 0 bridgehead atoms. The Hall–Kier alpha value is -1.73. The number of nitrogens with one attached hydrogen (secondary N) is 1. The van der Waals surface area contributed by atoms with Crippen LogP contribution in [0.4, 0.5) is 0 Å². The van der Waals surface area contributed by atoms with E-state index in [2.05, 4.69) is 10.3 Å². The average molecular weight is 335 g/mol. The molecule has 124 valence electrons. The van der Waals surface area contributed by atoms with E-state index in [0.29, 0.717) is 27.2 Å². The Morgan fingerprint density at radius 1 is 1.43 bits per heavy atom. The first-order chi connectivity index (χ1) is 11.0. The predicted molar refractivity (Wildman–Crippen MR) is 90.2 cm³/mol. The largest absolute Gasteiger partial charge is 0.392 e. The lowest BCUT2D eigenvalue weighted by molar-refractivity contribution is 0.0927. The van der Waals surface area contributed by atoms with Crippen LogP contribution >= 0.6 is 11.3 Å². The van der Waals surface area contributed by atoms with E-state index in [1.807, 2.05) is 0 Å². The summed E-state index contributed by atoms with van der Waals surface area (Å²) in [5, 5.41) is 12.5. The van der Waals surface area contributed by atoms with E-state index in [9.17, 15) is 14.7 Å². The van der Waals surface area contributed by atoms with Gasteiger partial charge in [-0.25, -0.2) is 4.98 Å². The summed E-state index contributed by atoms with van der Waals surface area (Å²) < 4.78 is 1.77. The maximum Gasteiger partial charge on any atom is 0.262 e. The summed E-state index contributed by atoms with van der Waals surface area (Å²) in [5.74, 6) is 0.572. The van der Waals surface area contributed by atoms with Crippen molar-refractivity contribution in [2.24, 2.45) is 0 Å². The molecule has 2 aromatic rings. The quantitative estimate of drug-likeness (QED) is 0.892.